The van der Waals surface area contributed by atoms with Crippen LogP contribution in [0.15, 0.2) is 82.0 Å². The van der Waals surface area contributed by atoms with Crippen molar-refractivity contribution in [2.75, 3.05) is 0 Å². The first kappa shape index (κ1) is 20.4. The molecular weight excluding hydrogens is 512 g/mol. The number of hydrogen-bond donors (Lipinski definition) is 2. The van der Waals surface area contributed by atoms with Gasteiger partial charge in [-0.15, -0.1) is 0 Å². The molecule has 1 heterocycles. The number of carbonyl (C=O) groups is 1. The predicted molar refractivity (Wildman–Crippen MR) is 122 cm³/mol. The third-order valence-corrected chi connectivity index (χ3v) is 5.86. The summed E-state index contributed by atoms with van der Waals surface area (Å²) in [6, 6.07) is 17.9. The van der Waals surface area contributed by atoms with Gasteiger partial charge in [0.15, 0.2) is 17.3 Å². The topological polar surface area (TPSA) is 75.3 Å². The number of aromatic nitrogens is 2. The molecule has 0 aliphatic heterocycles. The van der Waals surface area contributed by atoms with Crippen molar-refractivity contribution in [1.29, 1.82) is 0 Å². The molecule has 4 aromatic rings. The lowest BCUT2D eigenvalue weighted by atomic mass is 9.98. The van der Waals surface area contributed by atoms with Crippen molar-refractivity contribution in [2.24, 2.45) is 0 Å². The van der Waals surface area contributed by atoms with E-state index in [0.717, 1.165) is 21.4 Å². The van der Waals surface area contributed by atoms with Gasteiger partial charge in [0.25, 0.3) is 0 Å². The number of carbonyl (C=O) groups excluding carboxylic acids is 1. The molecule has 0 saturated carbocycles. The van der Waals surface area contributed by atoms with Crippen molar-refractivity contribution < 1.29 is 15.0 Å². The van der Waals surface area contributed by atoms with Gasteiger partial charge in [0.05, 0.1) is 0 Å². The minimum absolute atomic E-state index is 0.263. The van der Waals surface area contributed by atoms with Gasteiger partial charge < -0.3 is 14.8 Å². The summed E-state index contributed by atoms with van der Waals surface area (Å²) in [6.07, 6.45) is 3.61. The first-order valence-corrected chi connectivity index (χ1v) is 10.6. The summed E-state index contributed by atoms with van der Waals surface area (Å²) in [5, 5.41) is 19.5. The molecule has 2 N–H and O–H groups in total. The molecule has 7 heteroatoms. The Kier molecular flexibility index (Phi) is 5.74. The van der Waals surface area contributed by atoms with Crippen molar-refractivity contribution in [1.82, 2.24) is 9.55 Å². The molecule has 0 bridgehead atoms. The minimum atomic E-state index is -0.348. The van der Waals surface area contributed by atoms with Crippen LogP contribution in [0.5, 0.6) is 11.5 Å². The number of phenolic OH excluding ortho intramolecular Hbond substituents is 2. The second-order valence-electron chi connectivity index (χ2n) is 6.70. The van der Waals surface area contributed by atoms with Gasteiger partial charge in [-0.25, -0.2) is 4.98 Å². The summed E-state index contributed by atoms with van der Waals surface area (Å²) in [4.78, 5) is 17.8. The Hall–Kier alpha value is -2.90. The molecule has 5 nitrogen and oxygen atoms in total. The maximum Gasteiger partial charge on any atom is 0.194 e. The zero-order chi connectivity index (χ0) is 21.3. The van der Waals surface area contributed by atoms with Crippen molar-refractivity contribution in [2.45, 2.75) is 6.54 Å². The van der Waals surface area contributed by atoms with Crippen LogP contribution in [0.4, 0.5) is 0 Å². The van der Waals surface area contributed by atoms with E-state index in [2.05, 4.69) is 36.8 Å². The highest BCUT2D eigenvalue weighted by molar-refractivity contribution is 9.10. The Morgan fingerprint density at radius 2 is 1.67 bits per heavy atom. The van der Waals surface area contributed by atoms with E-state index >= 15 is 0 Å². The molecule has 0 spiro atoms. The number of benzene rings is 3. The zero-order valence-corrected chi connectivity index (χ0v) is 18.8. The van der Waals surface area contributed by atoms with Gasteiger partial charge in [0, 0.05) is 44.6 Å². The molecule has 150 valence electrons. The maximum absolute atomic E-state index is 13.3. The Labute approximate surface area is 189 Å². The number of ketones is 1. The van der Waals surface area contributed by atoms with Crippen LogP contribution in [0, 0.1) is 0 Å². The van der Waals surface area contributed by atoms with Crippen LogP contribution in [-0.2, 0) is 6.54 Å². The van der Waals surface area contributed by atoms with Gasteiger partial charge in [-0.1, -0.05) is 52.3 Å². The molecule has 0 radical (unpaired) electrons. The van der Waals surface area contributed by atoms with E-state index in [1.807, 2.05) is 53.2 Å². The van der Waals surface area contributed by atoms with Gasteiger partial charge in [-0.3, -0.25) is 4.79 Å². The first-order chi connectivity index (χ1) is 14.4. The van der Waals surface area contributed by atoms with E-state index in [1.165, 1.54) is 12.1 Å². The predicted octanol–water partition coefficient (Wildman–Crippen LogP) is 5.77. The molecular formula is C23H16Br2N2O3. The van der Waals surface area contributed by atoms with Crippen LogP contribution < -0.4 is 0 Å². The Bertz CT molecular complexity index is 1240. The van der Waals surface area contributed by atoms with E-state index in [0.29, 0.717) is 16.6 Å². The van der Waals surface area contributed by atoms with Gasteiger partial charge in [-0.05, 0) is 45.8 Å². The molecule has 0 fully saturated rings. The lowest BCUT2D eigenvalue weighted by Crippen LogP contribution is -2.10. The van der Waals surface area contributed by atoms with Gasteiger partial charge in [0.2, 0.25) is 0 Å². The molecule has 0 aliphatic carbocycles. The van der Waals surface area contributed by atoms with Crippen molar-refractivity contribution in [3.63, 3.8) is 0 Å². The van der Waals surface area contributed by atoms with E-state index in [9.17, 15) is 15.0 Å². The fraction of sp³-hybridized carbons (Fsp3) is 0.0435. The molecule has 4 rings (SSSR count). The maximum atomic E-state index is 13.3. The number of imidazole rings is 1. The molecule has 30 heavy (non-hydrogen) atoms. The lowest BCUT2D eigenvalue weighted by Gasteiger charge is -2.14. The number of phenols is 2. The van der Waals surface area contributed by atoms with Crippen molar-refractivity contribution in [3.8, 4) is 22.9 Å². The van der Waals surface area contributed by atoms with Crippen LogP contribution in [0.25, 0.3) is 11.4 Å². The van der Waals surface area contributed by atoms with E-state index in [1.54, 1.807) is 12.3 Å². The largest absolute Gasteiger partial charge is 0.504 e. The normalized spacial score (nSPS) is 10.9. The van der Waals surface area contributed by atoms with Crippen molar-refractivity contribution >= 4 is 37.6 Å². The summed E-state index contributed by atoms with van der Waals surface area (Å²) in [5.74, 6) is -0.104. The fourth-order valence-corrected chi connectivity index (χ4v) is 4.11. The molecule has 0 atom stereocenters. The average Bonchev–Trinajstić information content (AvgIpc) is 3.20. The zero-order valence-electron chi connectivity index (χ0n) is 15.6. The number of hydrogen-bond acceptors (Lipinski definition) is 4. The van der Waals surface area contributed by atoms with Gasteiger partial charge in [-0.2, -0.15) is 0 Å². The summed E-state index contributed by atoms with van der Waals surface area (Å²) >= 11 is 6.74. The SMILES string of the molecule is O=C(c1cc(O)c(O)cc1Br)c1cc(Br)ccc1Cn1ccnc1-c1ccccc1. The fourth-order valence-electron chi connectivity index (χ4n) is 3.24. The Morgan fingerprint density at radius 3 is 2.43 bits per heavy atom. The molecule has 0 unspecified atom stereocenters. The van der Waals surface area contributed by atoms with E-state index in [-0.39, 0.29) is 22.8 Å². The highest BCUT2D eigenvalue weighted by atomic mass is 79.9. The van der Waals surface area contributed by atoms with Gasteiger partial charge in [0.1, 0.15) is 5.82 Å². The third kappa shape index (κ3) is 4.04. The minimum Gasteiger partial charge on any atom is -0.504 e. The number of halogens is 2. The number of rotatable bonds is 5. The highest BCUT2D eigenvalue weighted by Gasteiger charge is 2.20. The molecule has 3 aromatic carbocycles. The van der Waals surface area contributed by atoms with Crippen LogP contribution in [0.3, 0.4) is 0 Å². The Morgan fingerprint density at radius 1 is 0.933 bits per heavy atom. The first-order valence-electron chi connectivity index (χ1n) is 9.05. The van der Waals surface area contributed by atoms with Crippen LogP contribution in [0.1, 0.15) is 21.5 Å². The number of aromatic hydroxyl groups is 2. The van der Waals surface area contributed by atoms with E-state index in [4.69, 9.17) is 0 Å². The number of nitrogens with zero attached hydrogens (tertiary/aromatic N) is 2. The molecule has 1 aromatic heterocycles. The average molecular weight is 528 g/mol. The molecule has 0 saturated heterocycles. The summed E-state index contributed by atoms with van der Waals surface area (Å²) in [6.45, 7) is 0.445. The van der Waals surface area contributed by atoms with Crippen LogP contribution >= 0.6 is 31.9 Å². The van der Waals surface area contributed by atoms with Crippen molar-refractivity contribution in [3.05, 3.63) is 98.7 Å². The monoisotopic (exact) mass is 526 g/mol. The van der Waals surface area contributed by atoms with Crippen LogP contribution in [0.2, 0.25) is 0 Å². The lowest BCUT2D eigenvalue weighted by molar-refractivity contribution is 0.103. The smallest absolute Gasteiger partial charge is 0.194 e. The Balaban J connectivity index is 1.75. The molecule has 0 aliphatic rings. The van der Waals surface area contributed by atoms with Crippen LogP contribution in [-0.4, -0.2) is 25.5 Å². The van der Waals surface area contributed by atoms with E-state index < -0.39 is 0 Å². The second-order valence-corrected chi connectivity index (χ2v) is 8.47. The summed E-state index contributed by atoms with van der Waals surface area (Å²) in [5.41, 5.74) is 2.54. The third-order valence-electron chi connectivity index (χ3n) is 4.71. The molecule has 0 amide bonds. The van der Waals surface area contributed by atoms with Gasteiger partial charge >= 0.3 is 0 Å². The summed E-state index contributed by atoms with van der Waals surface area (Å²) in [7, 11) is 0. The standard InChI is InChI=1S/C23H16Br2N2O3/c24-16-7-6-15(13-27-9-8-26-23(27)14-4-2-1-3-5-14)17(10-16)22(30)18-11-20(28)21(29)12-19(18)25/h1-12,28-29H,13H2. The second kappa shape index (κ2) is 8.45. The summed E-state index contributed by atoms with van der Waals surface area (Å²) < 4.78 is 3.16. The quantitative estimate of drug-likeness (QED) is 0.255. The highest BCUT2D eigenvalue weighted by Crippen LogP contribution is 2.33.